The van der Waals surface area contributed by atoms with Gasteiger partial charge >= 0.3 is 0 Å². The molecule has 0 aliphatic carbocycles. The van der Waals surface area contributed by atoms with Gasteiger partial charge in [-0.3, -0.25) is 14.4 Å². The van der Waals surface area contributed by atoms with Crippen LogP contribution >= 0.6 is 0 Å². The smallest absolute Gasteiger partial charge is 0.257 e. The van der Waals surface area contributed by atoms with Crippen LogP contribution in [0.5, 0.6) is 11.5 Å². The fourth-order valence-corrected chi connectivity index (χ4v) is 4.66. The van der Waals surface area contributed by atoms with Gasteiger partial charge in [-0.1, -0.05) is 12.1 Å². The third-order valence-electron chi connectivity index (χ3n) is 6.63. The quantitative estimate of drug-likeness (QED) is 0.559. The summed E-state index contributed by atoms with van der Waals surface area (Å²) in [7, 11) is 4.80. The summed E-state index contributed by atoms with van der Waals surface area (Å²) in [6.45, 7) is 0.588. The molecule has 0 radical (unpaired) electrons. The molecule has 0 saturated carbocycles. The van der Waals surface area contributed by atoms with Crippen molar-refractivity contribution < 1.29 is 33.3 Å². The number of nitrogens with one attached hydrogen (secondary N) is 2. The molecule has 0 bridgehead atoms. The van der Waals surface area contributed by atoms with Gasteiger partial charge in [-0.15, -0.1) is 0 Å². The van der Waals surface area contributed by atoms with Gasteiger partial charge in [0.2, 0.25) is 11.8 Å². The van der Waals surface area contributed by atoms with Crippen molar-refractivity contribution in [1.29, 1.82) is 0 Å². The first-order valence-electron chi connectivity index (χ1n) is 12.3. The zero-order valence-electron chi connectivity index (χ0n) is 21.3. The standard InChI is InChI=1S/C27H33N3O7/c1-30-22-10-9-20(13-25(31)28-14-17-4-7-19(35-3)8-5-17)37-24(22)15-36-23-11-6-18(12-21(23)27(30)33)29-26(32)16-34-2/h4-8,11-12,20,22,24H,9-10,13-16H2,1-3H3,(H,28,31)(H,29,32)/t20-,22+,24+/m0/s1. The van der Waals surface area contributed by atoms with Crippen LogP contribution in [0.1, 0.15) is 35.2 Å². The van der Waals surface area contributed by atoms with E-state index in [-0.39, 0.29) is 55.6 Å². The summed E-state index contributed by atoms with van der Waals surface area (Å²) in [5.41, 5.74) is 1.84. The van der Waals surface area contributed by atoms with E-state index in [1.54, 1.807) is 37.3 Å². The zero-order chi connectivity index (χ0) is 26.4. The maximum absolute atomic E-state index is 13.3. The summed E-state index contributed by atoms with van der Waals surface area (Å²) in [5.74, 6) is 0.565. The highest BCUT2D eigenvalue weighted by atomic mass is 16.5. The first kappa shape index (κ1) is 26.4. The summed E-state index contributed by atoms with van der Waals surface area (Å²) in [4.78, 5) is 39.4. The van der Waals surface area contributed by atoms with Crippen molar-refractivity contribution >= 4 is 23.4 Å². The van der Waals surface area contributed by atoms with Crippen LogP contribution in [0.25, 0.3) is 0 Å². The van der Waals surface area contributed by atoms with E-state index in [4.69, 9.17) is 18.9 Å². The number of ether oxygens (including phenoxy) is 4. The van der Waals surface area contributed by atoms with E-state index in [2.05, 4.69) is 10.6 Å². The van der Waals surface area contributed by atoms with E-state index in [0.717, 1.165) is 11.3 Å². The Morgan fingerprint density at radius 1 is 1.08 bits per heavy atom. The van der Waals surface area contributed by atoms with E-state index in [9.17, 15) is 14.4 Å². The van der Waals surface area contributed by atoms with Crippen LogP contribution in [0, 0.1) is 0 Å². The van der Waals surface area contributed by atoms with E-state index >= 15 is 0 Å². The Hall–Kier alpha value is -3.63. The predicted molar refractivity (Wildman–Crippen MR) is 136 cm³/mol. The molecule has 1 fully saturated rings. The molecular weight excluding hydrogens is 478 g/mol. The summed E-state index contributed by atoms with van der Waals surface area (Å²) < 4.78 is 22.2. The minimum Gasteiger partial charge on any atom is -0.497 e. The number of carbonyl (C=O) groups is 3. The van der Waals surface area contributed by atoms with Crippen molar-refractivity contribution in [2.24, 2.45) is 0 Å². The van der Waals surface area contributed by atoms with Gasteiger partial charge in [-0.2, -0.15) is 0 Å². The number of methoxy groups -OCH3 is 2. The Kier molecular flexibility index (Phi) is 8.62. The zero-order valence-corrected chi connectivity index (χ0v) is 21.3. The molecule has 3 amide bonds. The average Bonchev–Trinajstić information content (AvgIpc) is 2.90. The molecule has 10 nitrogen and oxygen atoms in total. The van der Waals surface area contributed by atoms with Crippen LogP contribution < -0.4 is 20.1 Å². The summed E-state index contributed by atoms with van der Waals surface area (Å²) in [6.07, 6.45) is 0.942. The van der Waals surface area contributed by atoms with Crippen molar-refractivity contribution in [1.82, 2.24) is 10.2 Å². The monoisotopic (exact) mass is 511 g/mol. The first-order chi connectivity index (χ1) is 17.9. The largest absolute Gasteiger partial charge is 0.497 e. The van der Waals surface area contributed by atoms with Crippen LogP contribution in [0.2, 0.25) is 0 Å². The lowest BCUT2D eigenvalue weighted by Gasteiger charge is -2.42. The molecule has 4 rings (SSSR count). The molecular formula is C27H33N3O7. The first-order valence-corrected chi connectivity index (χ1v) is 12.3. The van der Waals surface area contributed by atoms with Crippen LogP contribution in [-0.4, -0.2) is 75.4 Å². The molecule has 10 heteroatoms. The number of likely N-dealkylation sites (N-methyl/N-ethyl adjacent to an activating group) is 1. The van der Waals surface area contributed by atoms with Gasteiger partial charge < -0.3 is 34.5 Å². The van der Waals surface area contributed by atoms with E-state index in [0.29, 0.717) is 36.4 Å². The van der Waals surface area contributed by atoms with Gasteiger partial charge in [0.15, 0.2) is 0 Å². The van der Waals surface area contributed by atoms with Crippen molar-refractivity contribution in [3.63, 3.8) is 0 Å². The van der Waals surface area contributed by atoms with Gasteiger partial charge in [-0.05, 0) is 48.7 Å². The molecule has 2 heterocycles. The number of benzene rings is 2. The van der Waals surface area contributed by atoms with E-state index in [1.165, 1.54) is 7.11 Å². The number of rotatable bonds is 8. The molecule has 2 aliphatic rings. The predicted octanol–water partition coefficient (Wildman–Crippen LogP) is 2.37. The molecule has 2 aromatic carbocycles. The van der Waals surface area contributed by atoms with Gasteiger partial charge in [0.05, 0.1) is 31.2 Å². The van der Waals surface area contributed by atoms with Crippen molar-refractivity contribution in [2.75, 3.05) is 39.8 Å². The Bertz CT molecular complexity index is 1120. The van der Waals surface area contributed by atoms with Crippen LogP contribution in [0.15, 0.2) is 42.5 Å². The third kappa shape index (κ3) is 6.58. The Morgan fingerprint density at radius 3 is 2.59 bits per heavy atom. The molecule has 2 aromatic rings. The van der Waals surface area contributed by atoms with Gasteiger partial charge in [0.1, 0.15) is 30.8 Å². The number of carbonyl (C=O) groups excluding carboxylic acids is 3. The lowest BCUT2D eigenvalue weighted by Crippen LogP contribution is -2.53. The second-order valence-corrected chi connectivity index (χ2v) is 9.19. The summed E-state index contributed by atoms with van der Waals surface area (Å²) >= 11 is 0. The number of amides is 3. The van der Waals surface area contributed by atoms with E-state index < -0.39 is 0 Å². The van der Waals surface area contributed by atoms with Crippen molar-refractivity contribution in [3.05, 3.63) is 53.6 Å². The molecule has 3 atom stereocenters. The number of anilines is 1. The number of hydrogen-bond acceptors (Lipinski definition) is 7. The average molecular weight is 512 g/mol. The second kappa shape index (κ2) is 12.1. The van der Waals surface area contributed by atoms with Crippen LogP contribution in [0.3, 0.4) is 0 Å². The van der Waals surface area contributed by atoms with Crippen LogP contribution in [0.4, 0.5) is 5.69 Å². The number of fused-ring (bicyclic) bond motifs is 2. The summed E-state index contributed by atoms with van der Waals surface area (Å²) in [5, 5.41) is 5.65. The maximum Gasteiger partial charge on any atom is 0.257 e. The fourth-order valence-electron chi connectivity index (χ4n) is 4.66. The third-order valence-corrected chi connectivity index (χ3v) is 6.63. The maximum atomic E-state index is 13.3. The highest BCUT2D eigenvalue weighted by Crippen LogP contribution is 2.32. The molecule has 1 saturated heterocycles. The topological polar surface area (TPSA) is 115 Å². The van der Waals surface area contributed by atoms with Gasteiger partial charge in [0.25, 0.3) is 5.91 Å². The van der Waals surface area contributed by atoms with Crippen molar-refractivity contribution in [3.8, 4) is 11.5 Å². The lowest BCUT2D eigenvalue weighted by molar-refractivity contribution is -0.134. The molecule has 0 unspecified atom stereocenters. The molecule has 0 aromatic heterocycles. The molecule has 198 valence electrons. The SMILES string of the molecule is COCC(=O)Nc1ccc2c(c1)C(=O)N(C)[C@@H]1CC[C@@H](CC(=O)NCc3ccc(OC)cc3)O[C@@H]1CO2. The molecule has 37 heavy (non-hydrogen) atoms. The summed E-state index contributed by atoms with van der Waals surface area (Å²) in [6, 6.07) is 12.3. The van der Waals surface area contributed by atoms with Crippen LogP contribution in [-0.2, 0) is 25.6 Å². The lowest BCUT2D eigenvalue weighted by atomic mass is 9.94. The van der Waals surface area contributed by atoms with Crippen molar-refractivity contribution in [2.45, 2.75) is 44.1 Å². The molecule has 2 aliphatic heterocycles. The number of nitrogens with zero attached hydrogens (tertiary/aromatic N) is 1. The molecule has 0 spiro atoms. The normalized spacial score (nSPS) is 21.0. The second-order valence-electron chi connectivity index (χ2n) is 9.19. The van der Waals surface area contributed by atoms with Gasteiger partial charge in [0, 0.05) is 26.4 Å². The number of hydrogen-bond donors (Lipinski definition) is 2. The van der Waals surface area contributed by atoms with E-state index in [1.807, 2.05) is 24.3 Å². The minimum atomic E-state index is -0.365. The highest BCUT2D eigenvalue weighted by molar-refractivity contribution is 6.00. The van der Waals surface area contributed by atoms with Gasteiger partial charge in [-0.25, -0.2) is 0 Å². The molecule has 2 N–H and O–H groups in total. The fraction of sp³-hybridized carbons (Fsp3) is 0.444. The Morgan fingerprint density at radius 2 is 1.86 bits per heavy atom. The Balaban J connectivity index is 1.35. The Labute approximate surface area is 216 Å². The minimum absolute atomic E-state index is 0.0802. The highest BCUT2D eigenvalue weighted by Gasteiger charge is 2.39.